The predicted octanol–water partition coefficient (Wildman–Crippen LogP) is 1.03. The van der Waals surface area contributed by atoms with E-state index in [4.69, 9.17) is 4.74 Å². The zero-order valence-corrected chi connectivity index (χ0v) is 22.0. The molecule has 15 heteroatoms. The summed E-state index contributed by atoms with van der Waals surface area (Å²) in [5, 5.41) is 23.6. The average Bonchev–Trinajstić information content (AvgIpc) is 3.37. The molecule has 200 valence electrons. The molecule has 1 aromatic carbocycles. The van der Waals surface area contributed by atoms with Crippen LogP contribution in [0.25, 0.3) is 0 Å². The number of thioether (sulfide) groups is 2. The third kappa shape index (κ3) is 5.35. The lowest BCUT2D eigenvalue weighted by atomic mass is 10.0. The van der Waals surface area contributed by atoms with Crippen LogP contribution in [0.15, 0.2) is 71.2 Å². The Labute approximate surface area is 230 Å². The Morgan fingerprint density at radius 2 is 1.97 bits per heavy atom. The summed E-state index contributed by atoms with van der Waals surface area (Å²) >= 11 is 2.59. The third-order valence-corrected chi connectivity index (χ3v) is 8.38. The highest BCUT2D eigenvalue weighted by Crippen LogP contribution is 2.41. The molecule has 5 rings (SSSR count). The summed E-state index contributed by atoms with van der Waals surface area (Å²) in [6.45, 7) is 0. The number of aryl methyl sites for hydroxylation is 1. The molecule has 0 radical (unpaired) electrons. The van der Waals surface area contributed by atoms with E-state index in [1.807, 2.05) is 0 Å². The fourth-order valence-corrected chi connectivity index (χ4v) is 6.41. The number of pyridine rings is 1. The van der Waals surface area contributed by atoms with Crippen molar-refractivity contribution < 1.29 is 29.0 Å². The molecule has 1 saturated heterocycles. The number of benzene rings is 1. The zero-order valence-electron chi connectivity index (χ0n) is 20.3. The number of ether oxygens (including phenoxy) is 1. The number of aromatic nitrogens is 5. The molecule has 0 spiro atoms. The fraction of sp³-hybridized carbons (Fsp3) is 0.250. The van der Waals surface area contributed by atoms with Gasteiger partial charge in [0.1, 0.15) is 22.8 Å². The highest BCUT2D eigenvalue weighted by molar-refractivity contribution is 8.01. The minimum Gasteiger partial charge on any atom is -0.477 e. The van der Waals surface area contributed by atoms with Crippen LogP contribution in [-0.4, -0.2) is 81.9 Å². The van der Waals surface area contributed by atoms with Gasteiger partial charge in [-0.05, 0) is 28.1 Å². The minimum absolute atomic E-state index is 0.0266. The highest BCUT2D eigenvalue weighted by Gasteiger charge is 2.54. The van der Waals surface area contributed by atoms with Crippen molar-refractivity contribution in [2.24, 2.45) is 7.05 Å². The molecule has 2 aliphatic heterocycles. The second-order valence-corrected chi connectivity index (χ2v) is 10.5. The smallest absolute Gasteiger partial charge is 0.358 e. The van der Waals surface area contributed by atoms with Crippen LogP contribution in [0.2, 0.25) is 0 Å². The van der Waals surface area contributed by atoms with Crippen LogP contribution < -0.4 is 5.32 Å². The first-order valence-corrected chi connectivity index (χ1v) is 13.6. The number of β-lactam (4-membered cyclic amide) rings is 1. The maximum atomic E-state index is 13.3. The van der Waals surface area contributed by atoms with Gasteiger partial charge < -0.3 is 15.2 Å². The van der Waals surface area contributed by atoms with E-state index in [1.54, 1.807) is 49.5 Å². The number of nitrogens with zero attached hydrogens (tertiary/aromatic N) is 6. The number of amides is 2. The van der Waals surface area contributed by atoms with Gasteiger partial charge >= 0.3 is 11.9 Å². The number of nitrogens with one attached hydrogen (secondary N) is 1. The van der Waals surface area contributed by atoms with Gasteiger partial charge in [-0.2, -0.15) is 0 Å². The number of hydrogen-bond donors (Lipinski definition) is 2. The van der Waals surface area contributed by atoms with Gasteiger partial charge in [0.25, 0.3) is 11.8 Å². The molecule has 2 N–H and O–H groups in total. The number of fused-ring (bicyclic) bond motifs is 1. The Kier molecular flexibility index (Phi) is 7.60. The molecule has 0 saturated carbocycles. The average molecular weight is 568 g/mol. The lowest BCUT2D eigenvalue weighted by molar-refractivity contribution is -0.151. The topological polar surface area (TPSA) is 170 Å². The third-order valence-electron chi connectivity index (χ3n) is 5.94. The number of carboxylic acid groups (broad SMARTS) is 1. The maximum absolute atomic E-state index is 13.3. The second kappa shape index (κ2) is 11.2. The summed E-state index contributed by atoms with van der Waals surface area (Å²) in [5.74, 6) is -2.71. The number of carbonyl (C=O) groups is 4. The van der Waals surface area contributed by atoms with E-state index in [2.05, 4.69) is 25.8 Å². The van der Waals surface area contributed by atoms with E-state index in [1.165, 1.54) is 45.4 Å². The first-order valence-electron chi connectivity index (χ1n) is 11.6. The molecule has 2 amide bonds. The van der Waals surface area contributed by atoms with Gasteiger partial charge in [0.15, 0.2) is 0 Å². The van der Waals surface area contributed by atoms with Crippen molar-refractivity contribution in [3.8, 4) is 0 Å². The summed E-state index contributed by atoms with van der Waals surface area (Å²) in [6.07, 6.45) is 0.0817. The van der Waals surface area contributed by atoms with E-state index < -0.39 is 41.3 Å². The molecule has 13 nitrogen and oxygen atoms in total. The predicted molar refractivity (Wildman–Crippen MR) is 138 cm³/mol. The van der Waals surface area contributed by atoms with E-state index in [9.17, 15) is 24.3 Å². The standard InChI is InChI=1S/C24H21N7O6S2/c1-30-24(27-28-29-30)39-12-14-11-38-21-16(20(33)31(21)17(14)22(34)35)26-19(32)18(13-7-3-2-4-8-13)37-23(36)15-9-5-6-10-25-15/h2-10,16,18,21H,11-12H2,1H3,(H,26,32)(H,34,35)/t16?,18?,21-/m1/s1. The van der Waals surface area contributed by atoms with E-state index >= 15 is 0 Å². The molecule has 2 aromatic heterocycles. The van der Waals surface area contributed by atoms with Crippen LogP contribution in [0.3, 0.4) is 0 Å². The van der Waals surface area contributed by atoms with Crippen molar-refractivity contribution in [2.75, 3.05) is 11.5 Å². The number of esters is 1. The molecule has 2 unspecified atom stereocenters. The van der Waals surface area contributed by atoms with Crippen molar-refractivity contribution in [1.29, 1.82) is 0 Å². The summed E-state index contributed by atoms with van der Waals surface area (Å²) in [4.78, 5) is 56.4. The lowest BCUT2D eigenvalue weighted by Gasteiger charge is -2.49. The summed E-state index contributed by atoms with van der Waals surface area (Å²) in [5.41, 5.74) is 0.862. The molecule has 2 aliphatic rings. The largest absolute Gasteiger partial charge is 0.477 e. The van der Waals surface area contributed by atoms with Gasteiger partial charge in [-0.25, -0.2) is 19.3 Å². The van der Waals surface area contributed by atoms with Crippen LogP contribution in [0, 0.1) is 0 Å². The minimum atomic E-state index is -1.35. The normalized spacial score (nSPS) is 19.1. The Morgan fingerprint density at radius 3 is 2.64 bits per heavy atom. The Bertz CT molecular complexity index is 1450. The highest BCUT2D eigenvalue weighted by atomic mass is 32.2. The van der Waals surface area contributed by atoms with Gasteiger partial charge in [0.2, 0.25) is 11.3 Å². The van der Waals surface area contributed by atoms with Gasteiger partial charge in [-0.15, -0.1) is 16.9 Å². The summed E-state index contributed by atoms with van der Waals surface area (Å²) < 4.78 is 6.98. The van der Waals surface area contributed by atoms with Crippen LogP contribution in [0.1, 0.15) is 22.2 Å². The van der Waals surface area contributed by atoms with Crippen LogP contribution in [0.4, 0.5) is 0 Å². The van der Waals surface area contributed by atoms with E-state index in [-0.39, 0.29) is 17.1 Å². The Hall–Kier alpha value is -4.24. The number of aliphatic carboxylic acids is 1. The Morgan fingerprint density at radius 1 is 1.21 bits per heavy atom. The number of rotatable bonds is 9. The van der Waals surface area contributed by atoms with E-state index in [0.717, 1.165) is 0 Å². The van der Waals surface area contributed by atoms with Crippen LogP contribution in [-0.2, 0) is 26.2 Å². The van der Waals surface area contributed by atoms with Crippen LogP contribution in [0.5, 0.6) is 0 Å². The van der Waals surface area contributed by atoms with Crippen molar-refractivity contribution in [2.45, 2.75) is 22.7 Å². The van der Waals surface area contributed by atoms with Crippen molar-refractivity contribution in [1.82, 2.24) is 35.4 Å². The molecule has 3 atom stereocenters. The molecule has 0 bridgehead atoms. The molecule has 0 aliphatic carbocycles. The first kappa shape index (κ1) is 26.4. The second-order valence-electron chi connectivity index (χ2n) is 8.44. The number of carbonyl (C=O) groups excluding carboxylic acids is 3. The molecular weight excluding hydrogens is 546 g/mol. The van der Waals surface area contributed by atoms with Gasteiger partial charge in [-0.1, -0.05) is 48.2 Å². The van der Waals surface area contributed by atoms with Crippen molar-refractivity contribution in [3.05, 3.63) is 77.3 Å². The lowest BCUT2D eigenvalue weighted by Crippen LogP contribution is -2.71. The quantitative estimate of drug-likeness (QED) is 0.214. The van der Waals surface area contributed by atoms with Gasteiger partial charge in [0, 0.05) is 30.3 Å². The van der Waals surface area contributed by atoms with Gasteiger partial charge in [0.05, 0.1) is 0 Å². The molecule has 1 fully saturated rings. The van der Waals surface area contributed by atoms with E-state index in [0.29, 0.717) is 22.0 Å². The molecular formula is C24H21N7O6S2. The van der Waals surface area contributed by atoms with Crippen molar-refractivity contribution in [3.63, 3.8) is 0 Å². The molecule has 4 heterocycles. The molecule has 39 heavy (non-hydrogen) atoms. The first-order chi connectivity index (χ1) is 18.8. The molecule has 3 aromatic rings. The van der Waals surface area contributed by atoms with Crippen molar-refractivity contribution >= 4 is 47.3 Å². The fourth-order valence-electron chi connectivity index (χ4n) is 4.07. The summed E-state index contributed by atoms with van der Waals surface area (Å²) in [7, 11) is 1.67. The number of tetrazole rings is 1. The SMILES string of the molecule is Cn1nnnc1SCC1=C(C(=O)O)N2C(=O)C(NC(=O)C(OC(=O)c3ccccn3)c3ccccc3)[C@H]2SC1. The Balaban J connectivity index is 1.32. The zero-order chi connectivity index (χ0) is 27.5. The summed E-state index contributed by atoms with van der Waals surface area (Å²) in [6, 6.07) is 12.1. The monoisotopic (exact) mass is 567 g/mol. The van der Waals surface area contributed by atoms with Crippen LogP contribution >= 0.6 is 23.5 Å². The number of carboxylic acids is 1. The van der Waals surface area contributed by atoms with Gasteiger partial charge in [-0.3, -0.25) is 14.5 Å². The maximum Gasteiger partial charge on any atom is 0.358 e. The number of hydrogen-bond acceptors (Lipinski definition) is 11.